The van der Waals surface area contributed by atoms with E-state index in [1.165, 1.54) is 24.3 Å². The van der Waals surface area contributed by atoms with Gasteiger partial charge < -0.3 is 9.88 Å². The molecular weight excluding hydrogens is 247 g/mol. The number of nitrogens with one attached hydrogen (secondary N) is 1. The molecule has 0 spiro atoms. The zero-order chi connectivity index (χ0) is 13.4. The molecule has 98 valence electrons. The minimum atomic E-state index is -0.421. The molecule has 2 heterocycles. The second kappa shape index (κ2) is 4.50. The van der Waals surface area contributed by atoms with Gasteiger partial charge in [-0.15, -0.1) is 0 Å². The first kappa shape index (κ1) is 11.9. The van der Waals surface area contributed by atoms with Gasteiger partial charge in [-0.25, -0.2) is 4.39 Å². The van der Waals surface area contributed by atoms with Gasteiger partial charge in [-0.05, 0) is 31.0 Å². The molecule has 0 radical (unpaired) electrons. The summed E-state index contributed by atoms with van der Waals surface area (Å²) in [4.78, 5) is 28.3. The summed E-state index contributed by atoms with van der Waals surface area (Å²) in [6.45, 7) is 1.39. The molecule has 1 fully saturated rings. The Kier molecular flexibility index (Phi) is 2.81. The van der Waals surface area contributed by atoms with Gasteiger partial charge in [0, 0.05) is 30.1 Å². The van der Waals surface area contributed by atoms with Gasteiger partial charge in [-0.2, -0.15) is 0 Å². The summed E-state index contributed by atoms with van der Waals surface area (Å²) in [6.07, 6.45) is 1.95. The lowest BCUT2D eigenvalue weighted by atomic mass is 10.1. The molecular formula is C14H13FN2O2. The number of amides is 1. The fourth-order valence-electron chi connectivity index (χ4n) is 2.49. The van der Waals surface area contributed by atoms with Crippen molar-refractivity contribution in [1.82, 2.24) is 9.88 Å². The fraction of sp³-hybridized carbons (Fsp3) is 0.286. The first-order chi connectivity index (χ1) is 9.15. The van der Waals surface area contributed by atoms with Gasteiger partial charge in [0.15, 0.2) is 0 Å². The van der Waals surface area contributed by atoms with Gasteiger partial charge in [-0.1, -0.05) is 0 Å². The third-order valence-electron chi connectivity index (χ3n) is 3.43. The lowest BCUT2D eigenvalue weighted by molar-refractivity contribution is 0.0794. The Morgan fingerprint density at radius 3 is 2.68 bits per heavy atom. The summed E-state index contributed by atoms with van der Waals surface area (Å²) >= 11 is 0. The maximum absolute atomic E-state index is 13.3. The average Bonchev–Trinajstić information content (AvgIpc) is 2.91. The number of rotatable bonds is 1. The lowest BCUT2D eigenvalue weighted by Gasteiger charge is -2.16. The summed E-state index contributed by atoms with van der Waals surface area (Å²) in [5.41, 5.74) is 0.415. The molecule has 0 saturated carbocycles. The van der Waals surface area contributed by atoms with E-state index in [1.54, 1.807) is 4.90 Å². The number of fused-ring (bicyclic) bond motifs is 1. The van der Waals surface area contributed by atoms with Crippen LogP contribution in [-0.4, -0.2) is 28.9 Å². The Hall–Kier alpha value is -2.17. The molecule has 1 aliphatic heterocycles. The number of H-pyrrole nitrogens is 1. The van der Waals surface area contributed by atoms with Gasteiger partial charge in [0.1, 0.15) is 5.82 Å². The third-order valence-corrected chi connectivity index (χ3v) is 3.43. The van der Waals surface area contributed by atoms with E-state index >= 15 is 0 Å². The summed E-state index contributed by atoms with van der Waals surface area (Å²) in [5.74, 6) is -0.616. The van der Waals surface area contributed by atoms with Gasteiger partial charge in [-0.3, -0.25) is 9.59 Å². The van der Waals surface area contributed by atoms with E-state index in [4.69, 9.17) is 0 Å². The van der Waals surface area contributed by atoms with Crippen LogP contribution in [0.25, 0.3) is 10.9 Å². The molecule has 1 aliphatic rings. The summed E-state index contributed by atoms with van der Waals surface area (Å²) < 4.78 is 13.3. The molecule has 1 aromatic carbocycles. The van der Waals surface area contributed by atoms with Crippen LogP contribution in [0.1, 0.15) is 23.2 Å². The standard InChI is InChI=1S/C14H13FN2O2/c15-9-3-4-12-10(7-9)11(8-13(18)16-12)14(19)17-5-1-2-6-17/h3-4,7-8H,1-2,5-6H2,(H,16,18). The molecule has 0 atom stereocenters. The molecule has 3 rings (SSSR count). The molecule has 19 heavy (non-hydrogen) atoms. The molecule has 1 saturated heterocycles. The van der Waals surface area contributed by atoms with Crippen molar-refractivity contribution in [1.29, 1.82) is 0 Å². The Labute approximate surface area is 108 Å². The van der Waals surface area contributed by atoms with Crippen LogP contribution in [-0.2, 0) is 0 Å². The van der Waals surface area contributed by atoms with Gasteiger partial charge >= 0.3 is 0 Å². The smallest absolute Gasteiger partial charge is 0.254 e. The highest BCUT2D eigenvalue weighted by Gasteiger charge is 2.21. The number of aromatic nitrogens is 1. The van der Waals surface area contributed by atoms with E-state index in [9.17, 15) is 14.0 Å². The predicted octanol–water partition coefficient (Wildman–Crippen LogP) is 1.90. The molecule has 0 aliphatic carbocycles. The van der Waals surface area contributed by atoms with Crippen LogP contribution in [0.5, 0.6) is 0 Å². The van der Waals surface area contributed by atoms with E-state index in [-0.39, 0.29) is 17.0 Å². The van der Waals surface area contributed by atoms with Crippen LogP contribution in [0.2, 0.25) is 0 Å². The zero-order valence-electron chi connectivity index (χ0n) is 10.3. The predicted molar refractivity (Wildman–Crippen MR) is 69.7 cm³/mol. The molecule has 1 amide bonds. The van der Waals surface area contributed by atoms with Crippen molar-refractivity contribution < 1.29 is 9.18 Å². The first-order valence-electron chi connectivity index (χ1n) is 6.27. The van der Waals surface area contributed by atoms with Crippen LogP contribution < -0.4 is 5.56 Å². The van der Waals surface area contributed by atoms with Crippen molar-refractivity contribution >= 4 is 16.8 Å². The number of nitrogens with zero attached hydrogens (tertiary/aromatic N) is 1. The number of halogens is 1. The monoisotopic (exact) mass is 260 g/mol. The van der Waals surface area contributed by atoms with Crippen LogP contribution in [0, 0.1) is 5.82 Å². The van der Waals surface area contributed by atoms with Crippen LogP contribution >= 0.6 is 0 Å². The molecule has 2 aromatic rings. The largest absolute Gasteiger partial charge is 0.339 e. The molecule has 1 N–H and O–H groups in total. The highest BCUT2D eigenvalue weighted by atomic mass is 19.1. The lowest BCUT2D eigenvalue weighted by Crippen LogP contribution is -2.29. The summed E-state index contributed by atoms with van der Waals surface area (Å²) in [5, 5.41) is 0.455. The highest BCUT2D eigenvalue weighted by molar-refractivity contribution is 6.06. The van der Waals surface area contributed by atoms with Crippen molar-refractivity contribution in [3.05, 3.63) is 46.0 Å². The number of aromatic amines is 1. The number of carbonyl (C=O) groups excluding carboxylic acids is 1. The van der Waals surface area contributed by atoms with E-state index in [0.29, 0.717) is 24.0 Å². The van der Waals surface area contributed by atoms with E-state index in [2.05, 4.69) is 4.98 Å². The minimum Gasteiger partial charge on any atom is -0.339 e. The fourth-order valence-corrected chi connectivity index (χ4v) is 2.49. The minimum absolute atomic E-state index is 0.195. The van der Waals surface area contributed by atoms with Crippen molar-refractivity contribution in [2.75, 3.05) is 13.1 Å². The third kappa shape index (κ3) is 2.12. The van der Waals surface area contributed by atoms with Crippen LogP contribution in [0.4, 0.5) is 4.39 Å². The number of carbonyl (C=O) groups is 1. The molecule has 4 nitrogen and oxygen atoms in total. The summed E-state index contributed by atoms with van der Waals surface area (Å²) in [6, 6.07) is 5.28. The van der Waals surface area contributed by atoms with Gasteiger partial charge in [0.05, 0.1) is 5.56 Å². The number of likely N-dealkylation sites (tertiary alicyclic amines) is 1. The second-order valence-electron chi connectivity index (χ2n) is 4.74. The van der Waals surface area contributed by atoms with Gasteiger partial charge in [0.2, 0.25) is 5.56 Å². The van der Waals surface area contributed by atoms with Crippen LogP contribution in [0.15, 0.2) is 29.1 Å². The second-order valence-corrected chi connectivity index (χ2v) is 4.74. The molecule has 1 aromatic heterocycles. The SMILES string of the molecule is O=C(c1cc(=O)[nH]c2ccc(F)cc12)N1CCCC1. The number of hydrogen-bond acceptors (Lipinski definition) is 2. The van der Waals surface area contributed by atoms with E-state index < -0.39 is 5.82 Å². The number of pyridine rings is 1. The first-order valence-corrected chi connectivity index (χ1v) is 6.27. The van der Waals surface area contributed by atoms with Gasteiger partial charge in [0.25, 0.3) is 5.91 Å². The molecule has 5 heteroatoms. The Balaban J connectivity index is 2.18. The van der Waals surface area contributed by atoms with Crippen LogP contribution in [0.3, 0.4) is 0 Å². The summed E-state index contributed by atoms with van der Waals surface area (Å²) in [7, 11) is 0. The average molecular weight is 260 g/mol. The van der Waals surface area contributed by atoms with Crippen molar-refractivity contribution in [2.24, 2.45) is 0 Å². The zero-order valence-corrected chi connectivity index (χ0v) is 10.3. The van der Waals surface area contributed by atoms with Crippen molar-refractivity contribution in [3.8, 4) is 0 Å². The van der Waals surface area contributed by atoms with E-state index in [1.807, 2.05) is 0 Å². The quantitative estimate of drug-likeness (QED) is 0.851. The van der Waals surface area contributed by atoms with Crippen molar-refractivity contribution in [2.45, 2.75) is 12.8 Å². The molecule has 0 bridgehead atoms. The Bertz CT molecular complexity index is 702. The molecule has 0 unspecified atom stereocenters. The number of hydrogen-bond donors (Lipinski definition) is 1. The normalized spacial score (nSPS) is 15.1. The van der Waals surface area contributed by atoms with Crippen molar-refractivity contribution in [3.63, 3.8) is 0 Å². The maximum Gasteiger partial charge on any atom is 0.254 e. The highest BCUT2D eigenvalue weighted by Crippen LogP contribution is 2.20. The topological polar surface area (TPSA) is 53.2 Å². The Morgan fingerprint density at radius 2 is 1.95 bits per heavy atom. The maximum atomic E-state index is 13.3. The number of benzene rings is 1. The Morgan fingerprint density at radius 1 is 1.21 bits per heavy atom. The van der Waals surface area contributed by atoms with E-state index in [0.717, 1.165) is 12.8 Å².